The Morgan fingerprint density at radius 1 is 1.14 bits per heavy atom. The van der Waals surface area contributed by atoms with Gasteiger partial charge in [-0.15, -0.1) is 0 Å². The zero-order valence-electron chi connectivity index (χ0n) is 13.1. The highest BCUT2D eigenvalue weighted by Crippen LogP contribution is 2.26. The third kappa shape index (κ3) is 4.27. The first-order valence-corrected chi connectivity index (χ1v) is 8.09. The molecule has 0 saturated heterocycles. The maximum absolute atomic E-state index is 4.65. The molecule has 112 valence electrons. The van der Waals surface area contributed by atoms with Gasteiger partial charge < -0.3 is 5.32 Å². The number of para-hydroxylation sites is 1. The summed E-state index contributed by atoms with van der Waals surface area (Å²) in [5.41, 5.74) is 2.35. The Kier molecular flexibility index (Phi) is 4.99. The highest BCUT2D eigenvalue weighted by atomic mass is 79.9. The van der Waals surface area contributed by atoms with Crippen LogP contribution in [0.2, 0.25) is 0 Å². The van der Waals surface area contributed by atoms with E-state index in [2.05, 4.69) is 77.1 Å². The van der Waals surface area contributed by atoms with Crippen molar-refractivity contribution in [2.45, 2.75) is 46.0 Å². The van der Waals surface area contributed by atoms with Crippen LogP contribution in [0.4, 0.5) is 11.5 Å². The number of nitrogens with one attached hydrogen (secondary N) is 1. The summed E-state index contributed by atoms with van der Waals surface area (Å²) in [6.07, 6.45) is 2.18. The van der Waals surface area contributed by atoms with E-state index in [0.29, 0.717) is 0 Å². The second-order valence-electron chi connectivity index (χ2n) is 6.18. The van der Waals surface area contributed by atoms with Gasteiger partial charge >= 0.3 is 0 Å². The fraction of sp³-hybridized carbons (Fsp3) is 0.412. The Bertz CT molecular complexity index is 618. The van der Waals surface area contributed by atoms with Crippen LogP contribution < -0.4 is 5.32 Å². The van der Waals surface area contributed by atoms with E-state index < -0.39 is 0 Å². The van der Waals surface area contributed by atoms with Crippen LogP contribution >= 0.6 is 15.9 Å². The van der Waals surface area contributed by atoms with Crippen molar-refractivity contribution in [1.82, 2.24) is 9.97 Å². The fourth-order valence-electron chi connectivity index (χ4n) is 2.08. The molecular formula is C17H22BrN3. The number of benzene rings is 1. The summed E-state index contributed by atoms with van der Waals surface area (Å²) in [4.78, 5) is 9.12. The molecule has 0 spiro atoms. The third-order valence-electron chi connectivity index (χ3n) is 3.17. The molecule has 0 amide bonds. The molecule has 1 heterocycles. The average Bonchev–Trinajstić information content (AvgIpc) is 2.40. The molecule has 0 bridgehead atoms. The lowest BCUT2D eigenvalue weighted by molar-refractivity contribution is 0.544. The van der Waals surface area contributed by atoms with Gasteiger partial charge in [0.05, 0.1) is 0 Å². The molecule has 3 nitrogen and oxygen atoms in total. The number of aromatic nitrogens is 2. The molecule has 1 aromatic carbocycles. The van der Waals surface area contributed by atoms with Crippen molar-refractivity contribution in [3.05, 3.63) is 46.3 Å². The average molecular weight is 348 g/mol. The Morgan fingerprint density at radius 2 is 1.86 bits per heavy atom. The minimum atomic E-state index is -0.0802. The highest BCUT2D eigenvalue weighted by Gasteiger charge is 2.19. The summed E-state index contributed by atoms with van der Waals surface area (Å²) in [5.74, 6) is 1.65. The first-order valence-electron chi connectivity index (χ1n) is 7.30. The van der Waals surface area contributed by atoms with Gasteiger partial charge in [-0.05, 0) is 34.0 Å². The molecule has 0 atom stereocenters. The largest absolute Gasteiger partial charge is 0.340 e. The summed E-state index contributed by atoms with van der Waals surface area (Å²) >= 11 is 3.48. The van der Waals surface area contributed by atoms with E-state index in [0.717, 1.165) is 34.8 Å². The van der Waals surface area contributed by atoms with Gasteiger partial charge in [0.25, 0.3) is 0 Å². The van der Waals surface area contributed by atoms with Gasteiger partial charge in [-0.3, -0.25) is 0 Å². The number of hydrogen-bond donors (Lipinski definition) is 1. The zero-order chi connectivity index (χ0) is 15.5. The number of hydrogen-bond acceptors (Lipinski definition) is 3. The van der Waals surface area contributed by atoms with Gasteiger partial charge in [-0.2, -0.15) is 0 Å². The number of anilines is 2. The van der Waals surface area contributed by atoms with Crippen molar-refractivity contribution in [3.63, 3.8) is 0 Å². The van der Waals surface area contributed by atoms with Crippen molar-refractivity contribution in [2.24, 2.45) is 0 Å². The zero-order valence-corrected chi connectivity index (χ0v) is 14.7. The number of nitrogens with zero attached hydrogens (tertiary/aromatic N) is 2. The molecule has 0 aliphatic heterocycles. The number of aryl methyl sites for hydroxylation is 1. The Labute approximate surface area is 135 Å². The van der Waals surface area contributed by atoms with Crippen LogP contribution in [0.3, 0.4) is 0 Å². The van der Waals surface area contributed by atoms with Crippen molar-refractivity contribution in [3.8, 4) is 0 Å². The molecule has 1 N–H and O–H groups in total. The molecule has 0 aliphatic carbocycles. The van der Waals surface area contributed by atoms with E-state index in [1.807, 2.05) is 12.1 Å². The fourth-order valence-corrected chi connectivity index (χ4v) is 2.47. The molecule has 4 heteroatoms. The lowest BCUT2D eigenvalue weighted by atomic mass is 9.96. The van der Waals surface area contributed by atoms with Crippen LogP contribution in [-0.2, 0) is 11.8 Å². The Balaban J connectivity index is 2.34. The maximum Gasteiger partial charge on any atom is 0.137 e. The molecule has 0 unspecified atom stereocenters. The van der Waals surface area contributed by atoms with E-state index in [1.165, 1.54) is 5.56 Å². The highest BCUT2D eigenvalue weighted by molar-refractivity contribution is 9.10. The lowest BCUT2D eigenvalue weighted by Crippen LogP contribution is -2.17. The maximum atomic E-state index is 4.65. The summed E-state index contributed by atoms with van der Waals surface area (Å²) < 4.78 is 0.804. The SMILES string of the molecule is CCCc1ccccc1Nc1cc(Br)nc(C(C)(C)C)n1. The van der Waals surface area contributed by atoms with Crippen LogP contribution in [0.25, 0.3) is 0 Å². The molecule has 21 heavy (non-hydrogen) atoms. The second kappa shape index (κ2) is 6.56. The Hall–Kier alpha value is -1.42. The second-order valence-corrected chi connectivity index (χ2v) is 6.99. The minimum absolute atomic E-state index is 0.0802. The van der Waals surface area contributed by atoms with Gasteiger partial charge in [0, 0.05) is 17.2 Å². The van der Waals surface area contributed by atoms with E-state index >= 15 is 0 Å². The van der Waals surface area contributed by atoms with Gasteiger partial charge in [0.15, 0.2) is 0 Å². The summed E-state index contributed by atoms with van der Waals surface area (Å²) in [6.45, 7) is 8.53. The number of halogens is 1. The topological polar surface area (TPSA) is 37.8 Å². The van der Waals surface area contributed by atoms with E-state index in [-0.39, 0.29) is 5.41 Å². The van der Waals surface area contributed by atoms with Crippen molar-refractivity contribution < 1.29 is 0 Å². The molecule has 2 aromatic rings. The van der Waals surface area contributed by atoms with E-state index in [4.69, 9.17) is 0 Å². The molecule has 2 rings (SSSR count). The smallest absolute Gasteiger partial charge is 0.137 e. The molecule has 0 fully saturated rings. The van der Waals surface area contributed by atoms with Gasteiger partial charge in [0.1, 0.15) is 16.2 Å². The molecule has 1 aromatic heterocycles. The normalized spacial score (nSPS) is 11.5. The summed E-state index contributed by atoms with van der Waals surface area (Å²) in [5, 5.41) is 3.43. The lowest BCUT2D eigenvalue weighted by Gasteiger charge is -2.18. The van der Waals surface area contributed by atoms with Crippen LogP contribution in [0.5, 0.6) is 0 Å². The molecular weight excluding hydrogens is 326 g/mol. The van der Waals surface area contributed by atoms with Gasteiger partial charge in [-0.1, -0.05) is 52.3 Å². The van der Waals surface area contributed by atoms with Gasteiger partial charge in [0.2, 0.25) is 0 Å². The van der Waals surface area contributed by atoms with Crippen molar-refractivity contribution >= 4 is 27.4 Å². The number of rotatable bonds is 4. The molecule has 0 radical (unpaired) electrons. The van der Waals surface area contributed by atoms with E-state index in [9.17, 15) is 0 Å². The van der Waals surface area contributed by atoms with Crippen LogP contribution in [0.1, 0.15) is 45.5 Å². The molecule has 0 saturated carbocycles. The predicted octanol–water partition coefficient (Wildman–Crippen LogP) is 5.23. The standard InChI is InChI=1S/C17H22BrN3/c1-5-8-12-9-6-7-10-13(12)19-15-11-14(18)20-16(21-15)17(2,3)4/h6-7,9-11H,5,8H2,1-4H3,(H,19,20,21). The minimum Gasteiger partial charge on any atom is -0.340 e. The quantitative estimate of drug-likeness (QED) is 0.769. The predicted molar refractivity (Wildman–Crippen MR) is 92.2 cm³/mol. The summed E-state index contributed by atoms with van der Waals surface area (Å²) in [6, 6.07) is 10.3. The van der Waals surface area contributed by atoms with Crippen molar-refractivity contribution in [2.75, 3.05) is 5.32 Å². The van der Waals surface area contributed by atoms with E-state index in [1.54, 1.807) is 0 Å². The van der Waals surface area contributed by atoms with Crippen LogP contribution in [-0.4, -0.2) is 9.97 Å². The van der Waals surface area contributed by atoms with Crippen molar-refractivity contribution in [1.29, 1.82) is 0 Å². The molecule has 0 aliphatic rings. The van der Waals surface area contributed by atoms with Crippen LogP contribution in [0, 0.1) is 0 Å². The first kappa shape index (κ1) is 16.0. The third-order valence-corrected chi connectivity index (χ3v) is 3.57. The van der Waals surface area contributed by atoms with Gasteiger partial charge in [-0.25, -0.2) is 9.97 Å². The Morgan fingerprint density at radius 3 is 2.52 bits per heavy atom. The van der Waals surface area contributed by atoms with Crippen LogP contribution in [0.15, 0.2) is 34.9 Å². The first-order chi connectivity index (χ1) is 9.90. The monoisotopic (exact) mass is 347 g/mol. The summed E-state index contributed by atoms with van der Waals surface area (Å²) in [7, 11) is 0.